The second kappa shape index (κ2) is 4.08. The van der Waals surface area contributed by atoms with Gasteiger partial charge >= 0.3 is 0 Å². The van der Waals surface area contributed by atoms with Crippen molar-refractivity contribution in [3.05, 3.63) is 29.8 Å². The Morgan fingerprint density at radius 1 is 1.54 bits per heavy atom. The predicted octanol–water partition coefficient (Wildman–Crippen LogP) is 2.33. The molecular weight excluding hydrogens is 164 g/mol. The minimum atomic E-state index is 0.0205. The molecule has 0 bridgehead atoms. The number of carbonyl (C=O) groups excluding carboxylic acids is 1. The lowest BCUT2D eigenvalue weighted by molar-refractivity contribution is 0.0939. The van der Waals surface area contributed by atoms with Crippen LogP contribution < -0.4 is 4.74 Å². The Labute approximate surface area is 78.5 Å². The van der Waals surface area contributed by atoms with Gasteiger partial charge in [-0.25, -0.2) is 0 Å². The van der Waals surface area contributed by atoms with Crippen molar-refractivity contribution in [3.8, 4) is 5.75 Å². The topological polar surface area (TPSA) is 26.3 Å². The summed E-state index contributed by atoms with van der Waals surface area (Å²) < 4.78 is 4.98. The van der Waals surface area contributed by atoms with E-state index in [4.69, 9.17) is 4.74 Å². The van der Waals surface area contributed by atoms with E-state index < -0.39 is 0 Å². The molecule has 69 valence electrons. The van der Waals surface area contributed by atoms with Crippen LogP contribution in [0.25, 0.3) is 0 Å². The summed E-state index contributed by atoms with van der Waals surface area (Å²) in [6, 6.07) is 8.05. The average molecular weight is 177 g/mol. The Morgan fingerprint density at radius 2 is 2.23 bits per heavy atom. The number of methoxy groups -OCH3 is 1. The molecule has 0 unspecified atom stereocenters. The van der Waals surface area contributed by atoms with Crippen molar-refractivity contribution in [1.29, 1.82) is 0 Å². The predicted molar refractivity (Wildman–Crippen MR) is 51.0 cm³/mol. The Kier molecular flexibility index (Phi) is 3.07. The number of ether oxygens (including phenoxy) is 1. The first kappa shape index (κ1) is 9.78. The van der Waals surface area contributed by atoms with Gasteiger partial charge in [-0.2, -0.15) is 0 Å². The smallest absolute Gasteiger partial charge is 0.165 e. The van der Waals surface area contributed by atoms with Crippen LogP contribution >= 0.6 is 0 Å². The summed E-state index contributed by atoms with van der Waals surface area (Å²) in [6.07, 6.45) is 0. The van der Waals surface area contributed by atoms with Crippen LogP contribution in [0, 0.1) is 12.0 Å². The molecule has 2 nitrogen and oxygen atoms in total. The van der Waals surface area contributed by atoms with E-state index in [0.29, 0.717) is 11.3 Å². The highest BCUT2D eigenvalue weighted by Crippen LogP contribution is 2.14. The van der Waals surface area contributed by atoms with Gasteiger partial charge in [0.1, 0.15) is 5.75 Å². The molecule has 0 aliphatic rings. The molecule has 1 aromatic rings. The molecule has 0 heterocycles. The molecule has 0 amide bonds. The summed E-state index contributed by atoms with van der Waals surface area (Å²) in [5.74, 6) is 0.755. The van der Waals surface area contributed by atoms with E-state index >= 15 is 0 Å². The van der Waals surface area contributed by atoms with Crippen molar-refractivity contribution in [3.63, 3.8) is 0 Å². The number of hydrogen-bond acceptors (Lipinski definition) is 2. The summed E-state index contributed by atoms with van der Waals surface area (Å²) in [7, 11) is 1.56. The van der Waals surface area contributed by atoms with Crippen molar-refractivity contribution in [1.82, 2.24) is 0 Å². The quantitative estimate of drug-likeness (QED) is 0.662. The van der Waals surface area contributed by atoms with Gasteiger partial charge < -0.3 is 4.74 Å². The highest BCUT2D eigenvalue weighted by molar-refractivity contribution is 5.97. The Hall–Kier alpha value is -1.31. The van der Waals surface area contributed by atoms with Crippen LogP contribution in [0.3, 0.4) is 0 Å². The Balaban J connectivity index is 2.95. The van der Waals surface area contributed by atoms with E-state index in [-0.39, 0.29) is 11.7 Å². The number of hydrogen-bond donors (Lipinski definition) is 0. The van der Waals surface area contributed by atoms with Crippen LogP contribution in [0.5, 0.6) is 5.75 Å². The maximum absolute atomic E-state index is 11.5. The highest BCUT2D eigenvalue weighted by Gasteiger charge is 2.10. The molecule has 0 saturated heterocycles. The Bertz CT molecular complexity index is 303. The highest BCUT2D eigenvalue weighted by atomic mass is 16.5. The number of rotatable bonds is 3. The van der Waals surface area contributed by atoms with Gasteiger partial charge in [0.2, 0.25) is 0 Å². The molecule has 0 aromatic heterocycles. The number of ketones is 1. The number of benzene rings is 1. The molecule has 13 heavy (non-hydrogen) atoms. The molecule has 0 spiro atoms. The zero-order valence-electron chi connectivity index (χ0n) is 8.13. The minimum absolute atomic E-state index is 0.0205. The molecule has 0 saturated carbocycles. The summed E-state index contributed by atoms with van der Waals surface area (Å²) in [6.45, 7) is 3.76. The van der Waals surface area contributed by atoms with E-state index in [1.165, 1.54) is 0 Å². The molecule has 2 heteroatoms. The van der Waals surface area contributed by atoms with Crippen LogP contribution in [0.15, 0.2) is 18.2 Å². The summed E-state index contributed by atoms with van der Waals surface area (Å²) in [4.78, 5) is 11.5. The van der Waals surface area contributed by atoms with E-state index in [9.17, 15) is 4.79 Å². The zero-order valence-corrected chi connectivity index (χ0v) is 8.13. The van der Waals surface area contributed by atoms with Gasteiger partial charge in [-0.15, -0.1) is 0 Å². The van der Waals surface area contributed by atoms with Crippen molar-refractivity contribution in [2.45, 2.75) is 13.8 Å². The van der Waals surface area contributed by atoms with Crippen LogP contribution in [-0.2, 0) is 0 Å². The molecule has 0 aliphatic heterocycles. The molecule has 0 aliphatic carbocycles. The zero-order chi connectivity index (χ0) is 9.84. The minimum Gasteiger partial charge on any atom is -0.496 e. The van der Waals surface area contributed by atoms with E-state index in [2.05, 4.69) is 6.07 Å². The van der Waals surface area contributed by atoms with E-state index in [1.807, 2.05) is 13.8 Å². The van der Waals surface area contributed by atoms with Gasteiger partial charge in [0.05, 0.1) is 7.11 Å². The Morgan fingerprint density at radius 3 is 2.77 bits per heavy atom. The molecule has 1 radical (unpaired) electrons. The first-order chi connectivity index (χ1) is 6.15. The maximum atomic E-state index is 11.5. The maximum Gasteiger partial charge on any atom is 0.165 e. The molecular formula is C11H13O2. The number of carbonyl (C=O) groups is 1. The first-order valence-electron chi connectivity index (χ1n) is 4.25. The lowest BCUT2D eigenvalue weighted by Gasteiger charge is -2.05. The van der Waals surface area contributed by atoms with Crippen LogP contribution in [-0.4, -0.2) is 12.9 Å². The largest absolute Gasteiger partial charge is 0.496 e. The summed E-state index contributed by atoms with van der Waals surface area (Å²) >= 11 is 0. The fourth-order valence-corrected chi connectivity index (χ4v) is 1.05. The third-order valence-electron chi connectivity index (χ3n) is 1.80. The summed E-state index contributed by atoms with van der Waals surface area (Å²) in [5.41, 5.74) is 0.686. The van der Waals surface area contributed by atoms with Gasteiger partial charge in [0.25, 0.3) is 0 Å². The van der Waals surface area contributed by atoms with Crippen LogP contribution in [0.1, 0.15) is 24.2 Å². The first-order valence-corrected chi connectivity index (χ1v) is 4.25. The monoisotopic (exact) mass is 177 g/mol. The van der Waals surface area contributed by atoms with E-state index in [1.54, 1.807) is 25.3 Å². The molecule has 1 aromatic carbocycles. The standard InChI is InChI=1S/C11H13O2/c1-8(2)11(12)9-5-4-6-10(7-9)13-3/h4-5,7-8H,1-3H3. The lowest BCUT2D eigenvalue weighted by Crippen LogP contribution is -2.07. The third-order valence-corrected chi connectivity index (χ3v) is 1.80. The molecule has 0 atom stereocenters. The van der Waals surface area contributed by atoms with Crippen molar-refractivity contribution in [2.24, 2.45) is 5.92 Å². The fraction of sp³-hybridized carbons (Fsp3) is 0.364. The average Bonchev–Trinajstić information content (AvgIpc) is 2.16. The SMILES string of the molecule is COc1[c]ccc(C(=O)C(C)C)c1. The van der Waals surface area contributed by atoms with Crippen molar-refractivity contribution >= 4 is 5.78 Å². The second-order valence-electron chi connectivity index (χ2n) is 3.16. The molecule has 0 fully saturated rings. The normalized spacial score (nSPS) is 10.2. The van der Waals surface area contributed by atoms with Gasteiger partial charge in [0.15, 0.2) is 5.78 Å². The second-order valence-corrected chi connectivity index (χ2v) is 3.16. The van der Waals surface area contributed by atoms with Crippen LogP contribution in [0.4, 0.5) is 0 Å². The van der Waals surface area contributed by atoms with Crippen molar-refractivity contribution in [2.75, 3.05) is 7.11 Å². The van der Waals surface area contributed by atoms with Gasteiger partial charge in [-0.05, 0) is 12.1 Å². The van der Waals surface area contributed by atoms with Gasteiger partial charge in [0, 0.05) is 17.5 Å². The van der Waals surface area contributed by atoms with Gasteiger partial charge in [-0.1, -0.05) is 19.9 Å². The third kappa shape index (κ3) is 2.31. The van der Waals surface area contributed by atoms with E-state index in [0.717, 1.165) is 0 Å². The summed E-state index contributed by atoms with van der Waals surface area (Å²) in [5, 5.41) is 0. The molecule has 1 rings (SSSR count). The fourth-order valence-electron chi connectivity index (χ4n) is 1.05. The number of Topliss-reactive ketones (excluding diaryl/α,β-unsaturated/α-hetero) is 1. The van der Waals surface area contributed by atoms with Crippen LogP contribution in [0.2, 0.25) is 0 Å². The lowest BCUT2D eigenvalue weighted by atomic mass is 10.0. The molecule has 0 N–H and O–H groups in total. The van der Waals surface area contributed by atoms with Crippen molar-refractivity contribution < 1.29 is 9.53 Å². The van der Waals surface area contributed by atoms with Gasteiger partial charge in [-0.3, -0.25) is 4.79 Å².